The van der Waals surface area contributed by atoms with Gasteiger partial charge in [0, 0.05) is 36.2 Å². The number of likely N-dealkylation sites (tertiary alicyclic amines) is 1. The maximum absolute atomic E-state index is 13.3. The highest BCUT2D eigenvalue weighted by atomic mass is 35.5. The van der Waals surface area contributed by atoms with Crippen LogP contribution in [0.5, 0.6) is 0 Å². The lowest BCUT2D eigenvalue weighted by Gasteiger charge is -2.36. The molecule has 2 heterocycles. The number of nitrogens with zero attached hydrogens (tertiary/aromatic N) is 4. The Morgan fingerprint density at radius 3 is 2.62 bits per heavy atom. The summed E-state index contributed by atoms with van der Waals surface area (Å²) < 4.78 is 10.7. The fourth-order valence-electron chi connectivity index (χ4n) is 3.76. The van der Waals surface area contributed by atoms with Crippen molar-refractivity contribution in [3.63, 3.8) is 0 Å². The average molecular weight is 463 g/mol. The van der Waals surface area contributed by atoms with Crippen LogP contribution in [0, 0.1) is 5.41 Å². The zero-order chi connectivity index (χ0) is 23.3. The zero-order valence-corrected chi connectivity index (χ0v) is 19.9. The molecule has 32 heavy (non-hydrogen) atoms. The summed E-state index contributed by atoms with van der Waals surface area (Å²) in [6.07, 6.45) is 2.59. The number of aromatic nitrogens is 2. The maximum atomic E-state index is 13.3. The van der Waals surface area contributed by atoms with Gasteiger partial charge in [0.05, 0.1) is 13.2 Å². The van der Waals surface area contributed by atoms with E-state index in [0.29, 0.717) is 36.4 Å². The maximum Gasteiger partial charge on any atom is 0.249 e. The van der Waals surface area contributed by atoms with Crippen LogP contribution < -0.4 is 0 Å². The van der Waals surface area contributed by atoms with Crippen LogP contribution in [0.25, 0.3) is 11.4 Å². The standard InChI is InChI=1S/C23H31ClN4O4/c1-23(2,3)22(30)27(13-14-31-4)15-19(29)28-12-6-5-7-18(28)21-25-20(26-32-21)16-8-10-17(24)11-9-16/h8-11,18H,5-7,12-15H2,1-4H3. The van der Waals surface area contributed by atoms with E-state index in [0.717, 1.165) is 24.8 Å². The lowest BCUT2D eigenvalue weighted by molar-refractivity contribution is -0.148. The predicted molar refractivity (Wildman–Crippen MR) is 121 cm³/mol. The number of amides is 2. The first kappa shape index (κ1) is 24.2. The van der Waals surface area contributed by atoms with E-state index in [1.165, 1.54) is 0 Å². The minimum absolute atomic E-state index is 0.00581. The summed E-state index contributed by atoms with van der Waals surface area (Å²) in [5.41, 5.74) is 0.203. The largest absolute Gasteiger partial charge is 0.383 e. The van der Waals surface area contributed by atoms with E-state index in [4.69, 9.17) is 20.9 Å². The Balaban J connectivity index is 1.77. The van der Waals surface area contributed by atoms with E-state index >= 15 is 0 Å². The van der Waals surface area contributed by atoms with Gasteiger partial charge in [-0.3, -0.25) is 9.59 Å². The first-order valence-electron chi connectivity index (χ1n) is 10.9. The Kier molecular flexibility index (Phi) is 7.90. The molecule has 2 amide bonds. The molecule has 1 aromatic heterocycles. The van der Waals surface area contributed by atoms with E-state index in [-0.39, 0.29) is 24.4 Å². The molecule has 3 rings (SSSR count). The third-order valence-electron chi connectivity index (χ3n) is 5.47. The van der Waals surface area contributed by atoms with Crippen LogP contribution in [-0.4, -0.2) is 65.1 Å². The number of methoxy groups -OCH3 is 1. The Labute approximate surface area is 193 Å². The van der Waals surface area contributed by atoms with Crippen molar-refractivity contribution < 1.29 is 18.8 Å². The highest BCUT2D eigenvalue weighted by Crippen LogP contribution is 2.31. The molecule has 9 heteroatoms. The van der Waals surface area contributed by atoms with Gasteiger partial charge in [0.1, 0.15) is 6.04 Å². The Hall–Kier alpha value is -2.45. The molecule has 2 aromatic rings. The van der Waals surface area contributed by atoms with E-state index in [2.05, 4.69) is 10.1 Å². The number of benzene rings is 1. The molecule has 1 fully saturated rings. The molecule has 0 spiro atoms. The molecular weight excluding hydrogens is 432 g/mol. The molecule has 1 atom stereocenters. The molecule has 174 valence electrons. The summed E-state index contributed by atoms with van der Waals surface area (Å²) in [7, 11) is 1.58. The highest BCUT2D eigenvalue weighted by molar-refractivity contribution is 6.30. The second-order valence-electron chi connectivity index (χ2n) is 9.03. The summed E-state index contributed by atoms with van der Waals surface area (Å²) in [6.45, 7) is 6.85. The summed E-state index contributed by atoms with van der Waals surface area (Å²) in [5, 5.41) is 4.73. The predicted octanol–water partition coefficient (Wildman–Crippen LogP) is 3.96. The summed E-state index contributed by atoms with van der Waals surface area (Å²) in [5.74, 6) is 0.654. The first-order valence-corrected chi connectivity index (χ1v) is 11.3. The number of carbonyl (C=O) groups excluding carboxylic acids is 2. The Bertz CT molecular complexity index is 923. The van der Waals surface area contributed by atoms with Gasteiger partial charge in [-0.15, -0.1) is 0 Å². The van der Waals surface area contributed by atoms with Crippen LogP contribution in [0.15, 0.2) is 28.8 Å². The van der Waals surface area contributed by atoms with Crippen molar-refractivity contribution in [2.24, 2.45) is 5.41 Å². The van der Waals surface area contributed by atoms with Crippen molar-refractivity contribution in [1.29, 1.82) is 0 Å². The van der Waals surface area contributed by atoms with Gasteiger partial charge in [0.2, 0.25) is 23.5 Å². The van der Waals surface area contributed by atoms with E-state index in [9.17, 15) is 9.59 Å². The van der Waals surface area contributed by atoms with E-state index < -0.39 is 5.41 Å². The van der Waals surface area contributed by atoms with Gasteiger partial charge in [-0.2, -0.15) is 4.98 Å². The Morgan fingerprint density at radius 1 is 1.25 bits per heavy atom. The van der Waals surface area contributed by atoms with Gasteiger partial charge >= 0.3 is 0 Å². The Morgan fingerprint density at radius 2 is 1.97 bits per heavy atom. The van der Waals surface area contributed by atoms with Crippen LogP contribution in [0.4, 0.5) is 0 Å². The monoisotopic (exact) mass is 462 g/mol. The number of hydrogen-bond acceptors (Lipinski definition) is 6. The minimum atomic E-state index is -0.588. The van der Waals surface area contributed by atoms with Gasteiger partial charge in [-0.25, -0.2) is 0 Å². The second-order valence-corrected chi connectivity index (χ2v) is 9.47. The van der Waals surface area contributed by atoms with Gasteiger partial charge < -0.3 is 19.1 Å². The molecule has 0 saturated carbocycles. The van der Waals surface area contributed by atoms with Gasteiger partial charge in [-0.1, -0.05) is 37.5 Å². The third kappa shape index (κ3) is 5.86. The molecule has 1 unspecified atom stereocenters. The van der Waals surface area contributed by atoms with E-state index in [1.807, 2.05) is 32.9 Å². The molecule has 8 nitrogen and oxygen atoms in total. The normalized spacial score (nSPS) is 16.8. The van der Waals surface area contributed by atoms with Crippen LogP contribution in [0.1, 0.15) is 52.0 Å². The molecule has 1 aromatic carbocycles. The number of hydrogen-bond donors (Lipinski definition) is 0. The molecule has 0 radical (unpaired) electrons. The van der Waals surface area contributed by atoms with Gasteiger partial charge in [0.25, 0.3) is 0 Å². The number of halogens is 1. The molecule has 0 aliphatic carbocycles. The van der Waals surface area contributed by atoms with Crippen molar-refractivity contribution in [2.45, 2.75) is 46.1 Å². The fourth-order valence-corrected chi connectivity index (χ4v) is 3.88. The minimum Gasteiger partial charge on any atom is -0.383 e. The third-order valence-corrected chi connectivity index (χ3v) is 5.72. The van der Waals surface area contributed by atoms with Crippen molar-refractivity contribution >= 4 is 23.4 Å². The molecule has 1 saturated heterocycles. The molecule has 1 aliphatic rings. The number of piperidine rings is 1. The topological polar surface area (TPSA) is 88.8 Å². The van der Waals surface area contributed by atoms with Crippen LogP contribution in [-0.2, 0) is 14.3 Å². The first-order chi connectivity index (χ1) is 15.2. The summed E-state index contributed by atoms with van der Waals surface area (Å²) in [6, 6.07) is 6.88. The van der Waals surface area contributed by atoms with E-state index in [1.54, 1.807) is 29.0 Å². The van der Waals surface area contributed by atoms with Gasteiger partial charge in [-0.05, 0) is 43.5 Å². The lowest BCUT2D eigenvalue weighted by Crippen LogP contribution is -2.49. The summed E-state index contributed by atoms with van der Waals surface area (Å²) >= 11 is 5.96. The van der Waals surface area contributed by atoms with Gasteiger partial charge in [0.15, 0.2) is 0 Å². The van der Waals surface area contributed by atoms with Crippen molar-refractivity contribution in [2.75, 3.05) is 33.4 Å². The fraction of sp³-hybridized carbons (Fsp3) is 0.565. The smallest absolute Gasteiger partial charge is 0.249 e. The lowest BCUT2D eigenvalue weighted by atomic mass is 9.94. The van der Waals surface area contributed by atoms with Crippen molar-refractivity contribution in [1.82, 2.24) is 19.9 Å². The van der Waals surface area contributed by atoms with Crippen LogP contribution >= 0.6 is 11.6 Å². The molecule has 1 aliphatic heterocycles. The molecule has 0 N–H and O–H groups in total. The number of ether oxygens (including phenoxy) is 1. The molecular formula is C23H31ClN4O4. The molecule has 0 bridgehead atoms. The summed E-state index contributed by atoms with van der Waals surface area (Å²) in [4.78, 5) is 34.1. The quantitative estimate of drug-likeness (QED) is 0.618. The van der Waals surface area contributed by atoms with Crippen LogP contribution in [0.3, 0.4) is 0 Å². The average Bonchev–Trinajstić information content (AvgIpc) is 3.26. The number of carbonyl (C=O) groups is 2. The number of rotatable bonds is 7. The van der Waals surface area contributed by atoms with Crippen molar-refractivity contribution in [3.8, 4) is 11.4 Å². The highest BCUT2D eigenvalue weighted by Gasteiger charge is 2.35. The van der Waals surface area contributed by atoms with Crippen LogP contribution in [0.2, 0.25) is 5.02 Å². The SMILES string of the molecule is COCCN(CC(=O)N1CCCCC1c1nc(-c2ccc(Cl)cc2)no1)C(=O)C(C)(C)C. The zero-order valence-electron chi connectivity index (χ0n) is 19.1. The second kappa shape index (κ2) is 10.4. The van der Waals surface area contributed by atoms with Crippen molar-refractivity contribution in [3.05, 3.63) is 35.2 Å².